The van der Waals surface area contributed by atoms with E-state index in [1.165, 1.54) is 0 Å². The molecule has 0 saturated carbocycles. The van der Waals surface area contributed by atoms with Crippen molar-refractivity contribution in [3.63, 3.8) is 0 Å². The van der Waals surface area contributed by atoms with Crippen LogP contribution in [0.5, 0.6) is 5.75 Å². The minimum absolute atomic E-state index is 0.0397. The maximum absolute atomic E-state index is 9.10. The van der Waals surface area contributed by atoms with Gasteiger partial charge in [-0.3, -0.25) is 0 Å². The number of aliphatic hydroxyl groups is 3. The predicted octanol–water partition coefficient (Wildman–Crippen LogP) is 0.0554. The Morgan fingerprint density at radius 1 is 0.950 bits per heavy atom. The number of benzene rings is 1. The molecule has 1 aromatic rings. The van der Waals surface area contributed by atoms with Crippen molar-refractivity contribution in [1.82, 2.24) is 0 Å². The lowest BCUT2D eigenvalue weighted by molar-refractivity contribution is -0.107. The number of aliphatic hydroxyl groups excluding tert-OH is 1. The Bertz CT molecular complexity index is 365. The minimum Gasteiger partial charge on any atom is -0.512 e. The van der Waals surface area contributed by atoms with Crippen LogP contribution in [0.3, 0.4) is 0 Å². The molecule has 7 heteroatoms. The molecule has 0 aromatic heterocycles. The first-order chi connectivity index (χ1) is 8.97. The van der Waals surface area contributed by atoms with Crippen LogP contribution in [0, 0.1) is 0 Å². The molecule has 0 unspecified atom stereocenters. The molecule has 0 saturated heterocycles. The van der Waals surface area contributed by atoms with Crippen molar-refractivity contribution in [2.45, 2.75) is 45.5 Å². The lowest BCUT2D eigenvalue weighted by Gasteiger charge is -2.31. The first-order valence-corrected chi connectivity index (χ1v) is 6.14. The zero-order valence-corrected chi connectivity index (χ0v) is 12.2. The summed E-state index contributed by atoms with van der Waals surface area (Å²) in [7, 11) is -1.80. The van der Waals surface area contributed by atoms with Crippen molar-refractivity contribution in [2.24, 2.45) is 0 Å². The molecule has 6 nitrogen and oxygen atoms in total. The molecule has 0 aliphatic carbocycles. The van der Waals surface area contributed by atoms with Crippen LogP contribution in [0.2, 0.25) is 0 Å². The fourth-order valence-corrected chi connectivity index (χ4v) is 0.795. The van der Waals surface area contributed by atoms with Crippen molar-refractivity contribution in [1.29, 1.82) is 0 Å². The van der Waals surface area contributed by atoms with Crippen LogP contribution in [0.4, 0.5) is 0 Å². The Kier molecular flexibility index (Phi) is 7.19. The predicted molar refractivity (Wildman–Crippen MR) is 75.8 cm³/mol. The Morgan fingerprint density at radius 3 is 1.60 bits per heavy atom. The summed E-state index contributed by atoms with van der Waals surface area (Å²) in [5.74, 6) is 0.349. The average Bonchev–Trinajstić information content (AvgIpc) is 2.27. The van der Waals surface area contributed by atoms with E-state index in [1.807, 2.05) is 0 Å². The first-order valence-electron chi connectivity index (χ1n) is 6.14. The second-order valence-corrected chi connectivity index (χ2v) is 5.36. The van der Waals surface area contributed by atoms with Gasteiger partial charge in [0.1, 0.15) is 5.75 Å². The van der Waals surface area contributed by atoms with Crippen LogP contribution in [-0.2, 0) is 6.61 Å². The number of hydrogen-bond donors (Lipinski definition) is 5. The molecule has 0 bridgehead atoms. The van der Waals surface area contributed by atoms with E-state index in [4.69, 9.17) is 25.4 Å². The standard InChI is InChI=1S/C7H9BO4.C6H14O2/c9-5-6-1-3-7(4-2-6)12-8(10)11;1-5(2,7)6(3,4)8/h1-4,9-11H,5H2;7-8H,1-4H3. The molecule has 20 heavy (non-hydrogen) atoms. The summed E-state index contributed by atoms with van der Waals surface area (Å²) in [4.78, 5) is 0. The molecular weight excluding hydrogens is 263 g/mol. The number of rotatable bonds is 4. The molecule has 5 N–H and O–H groups in total. The second kappa shape index (κ2) is 7.61. The highest BCUT2D eigenvalue weighted by atomic mass is 16.6. The van der Waals surface area contributed by atoms with Gasteiger partial charge in [-0.25, -0.2) is 0 Å². The van der Waals surface area contributed by atoms with Gasteiger partial charge >= 0.3 is 7.32 Å². The molecule has 114 valence electrons. The summed E-state index contributed by atoms with van der Waals surface area (Å²) in [5, 5.41) is 43.7. The number of hydrogen-bond acceptors (Lipinski definition) is 6. The SMILES string of the molecule is CC(C)(O)C(C)(C)O.OCc1ccc(OB(O)O)cc1. The third-order valence-electron chi connectivity index (χ3n) is 2.84. The van der Waals surface area contributed by atoms with E-state index in [0.29, 0.717) is 5.75 Å². The molecule has 0 atom stereocenters. The van der Waals surface area contributed by atoms with E-state index < -0.39 is 18.5 Å². The first kappa shape index (κ1) is 18.9. The summed E-state index contributed by atoms with van der Waals surface area (Å²) in [5.41, 5.74) is -1.27. The Morgan fingerprint density at radius 2 is 1.35 bits per heavy atom. The van der Waals surface area contributed by atoms with E-state index >= 15 is 0 Å². The van der Waals surface area contributed by atoms with Gasteiger partial charge in [0.05, 0.1) is 17.8 Å². The average molecular weight is 286 g/mol. The maximum Gasteiger partial charge on any atom is 0.707 e. The van der Waals surface area contributed by atoms with Crippen LogP contribution >= 0.6 is 0 Å². The largest absolute Gasteiger partial charge is 0.707 e. The van der Waals surface area contributed by atoms with Crippen molar-refractivity contribution in [3.05, 3.63) is 29.8 Å². The Labute approximate surface area is 119 Å². The van der Waals surface area contributed by atoms with Crippen molar-refractivity contribution in [3.8, 4) is 5.75 Å². The van der Waals surface area contributed by atoms with E-state index in [9.17, 15) is 0 Å². The molecule has 1 rings (SSSR count). The van der Waals surface area contributed by atoms with E-state index in [2.05, 4.69) is 4.65 Å². The van der Waals surface area contributed by atoms with E-state index in [1.54, 1.807) is 52.0 Å². The van der Waals surface area contributed by atoms with Gasteiger partial charge in [0, 0.05) is 0 Å². The van der Waals surface area contributed by atoms with Crippen LogP contribution in [0.25, 0.3) is 0 Å². The van der Waals surface area contributed by atoms with Gasteiger partial charge in [-0.15, -0.1) is 0 Å². The summed E-state index contributed by atoms with van der Waals surface area (Å²) in [6, 6.07) is 6.37. The van der Waals surface area contributed by atoms with Crippen molar-refractivity contribution >= 4 is 7.32 Å². The lowest BCUT2D eigenvalue weighted by Crippen LogP contribution is -2.44. The highest BCUT2D eigenvalue weighted by Gasteiger charge is 2.31. The van der Waals surface area contributed by atoms with Gasteiger partial charge < -0.3 is 30.0 Å². The van der Waals surface area contributed by atoms with Gasteiger partial charge in [0.25, 0.3) is 0 Å². The molecule has 0 fully saturated rings. The van der Waals surface area contributed by atoms with E-state index in [-0.39, 0.29) is 6.61 Å². The highest BCUT2D eigenvalue weighted by Crippen LogP contribution is 2.19. The topological polar surface area (TPSA) is 110 Å². The third-order valence-corrected chi connectivity index (χ3v) is 2.84. The minimum atomic E-state index is -1.80. The molecular formula is C13H23BO6. The van der Waals surface area contributed by atoms with Gasteiger partial charge in [-0.05, 0) is 45.4 Å². The summed E-state index contributed by atoms with van der Waals surface area (Å²) >= 11 is 0. The normalized spacial score (nSPS) is 11.4. The second-order valence-electron chi connectivity index (χ2n) is 5.36. The zero-order valence-electron chi connectivity index (χ0n) is 12.2. The highest BCUT2D eigenvalue weighted by molar-refractivity contribution is 6.33. The molecule has 1 aromatic carbocycles. The monoisotopic (exact) mass is 286 g/mol. The fourth-order valence-electron chi connectivity index (χ4n) is 0.795. The maximum atomic E-state index is 9.10. The van der Waals surface area contributed by atoms with Crippen LogP contribution in [0.15, 0.2) is 24.3 Å². The van der Waals surface area contributed by atoms with Crippen LogP contribution in [0.1, 0.15) is 33.3 Å². The molecule has 0 heterocycles. The third kappa shape index (κ3) is 7.47. The molecule has 0 spiro atoms. The fraction of sp³-hybridized carbons (Fsp3) is 0.538. The van der Waals surface area contributed by atoms with Gasteiger partial charge in [0.15, 0.2) is 0 Å². The molecule has 0 aliphatic heterocycles. The van der Waals surface area contributed by atoms with E-state index in [0.717, 1.165) is 5.56 Å². The summed E-state index contributed by atoms with van der Waals surface area (Å²) in [6.07, 6.45) is 0. The Hall–Kier alpha value is -1.12. The molecule has 0 aliphatic rings. The summed E-state index contributed by atoms with van der Waals surface area (Å²) < 4.78 is 4.54. The lowest BCUT2D eigenvalue weighted by atomic mass is 9.90. The van der Waals surface area contributed by atoms with Gasteiger partial charge in [0.2, 0.25) is 0 Å². The van der Waals surface area contributed by atoms with Crippen LogP contribution < -0.4 is 4.65 Å². The molecule has 0 amide bonds. The molecule has 0 radical (unpaired) electrons. The zero-order chi connectivity index (χ0) is 16.0. The smallest absolute Gasteiger partial charge is 0.512 e. The summed E-state index contributed by atoms with van der Waals surface area (Å²) in [6.45, 7) is 6.27. The quantitative estimate of drug-likeness (QED) is 0.500. The van der Waals surface area contributed by atoms with Crippen molar-refractivity contribution < 1.29 is 30.0 Å². The van der Waals surface area contributed by atoms with Crippen LogP contribution in [-0.4, -0.2) is 43.9 Å². The Balaban J connectivity index is 0.000000396. The van der Waals surface area contributed by atoms with Gasteiger partial charge in [-0.2, -0.15) is 0 Å². The van der Waals surface area contributed by atoms with Gasteiger partial charge in [-0.1, -0.05) is 12.1 Å². The van der Waals surface area contributed by atoms with Crippen molar-refractivity contribution in [2.75, 3.05) is 0 Å².